The Hall–Kier alpha value is -0.320. The second kappa shape index (κ2) is 8.35. The van der Waals surface area contributed by atoms with Crippen molar-refractivity contribution in [3.8, 4) is 0 Å². The van der Waals surface area contributed by atoms with Crippen LogP contribution in [-0.4, -0.2) is 87.8 Å². The summed E-state index contributed by atoms with van der Waals surface area (Å²) >= 11 is 0. The Labute approximate surface area is 123 Å². The summed E-state index contributed by atoms with van der Waals surface area (Å²) in [6.45, 7) is 5.46. The highest BCUT2D eigenvalue weighted by atomic mass is 16.7. The van der Waals surface area contributed by atoms with Crippen LogP contribution in [-0.2, 0) is 14.2 Å². The van der Waals surface area contributed by atoms with Crippen molar-refractivity contribution >= 4 is 0 Å². The maximum absolute atomic E-state index is 9.84. The zero-order valence-corrected chi connectivity index (χ0v) is 12.5. The van der Waals surface area contributed by atoms with E-state index in [4.69, 9.17) is 14.2 Å². The summed E-state index contributed by atoms with van der Waals surface area (Å²) in [7, 11) is 0. The zero-order chi connectivity index (χ0) is 16.2. The SMILES string of the molecule is CC.C[C@@H]1OC[C@H](O)[C@H](O)[C@H]1O[C@@H]1OC[C@@H](O)[C@H](O)[C@H]1O. The van der Waals surface area contributed by atoms with Crippen molar-refractivity contribution < 1.29 is 39.7 Å². The van der Waals surface area contributed by atoms with Gasteiger partial charge in [0.25, 0.3) is 0 Å². The van der Waals surface area contributed by atoms with Crippen LogP contribution in [0.25, 0.3) is 0 Å². The molecule has 8 atom stereocenters. The highest BCUT2D eigenvalue weighted by Crippen LogP contribution is 2.24. The molecule has 0 amide bonds. The molecule has 5 N–H and O–H groups in total. The minimum atomic E-state index is -1.44. The van der Waals surface area contributed by atoms with E-state index in [-0.39, 0.29) is 13.2 Å². The van der Waals surface area contributed by atoms with E-state index in [0.717, 1.165) is 0 Å². The van der Waals surface area contributed by atoms with Gasteiger partial charge in [0.1, 0.15) is 36.6 Å². The second-order valence-electron chi connectivity index (χ2n) is 4.95. The van der Waals surface area contributed by atoms with Crippen LogP contribution in [0.3, 0.4) is 0 Å². The van der Waals surface area contributed by atoms with E-state index >= 15 is 0 Å². The fraction of sp³-hybridized carbons (Fsp3) is 1.00. The molecular weight excluding hydrogens is 284 g/mol. The Morgan fingerprint density at radius 2 is 1.33 bits per heavy atom. The fourth-order valence-corrected chi connectivity index (χ4v) is 2.19. The molecule has 2 heterocycles. The van der Waals surface area contributed by atoms with E-state index in [1.165, 1.54) is 0 Å². The molecule has 0 aromatic rings. The fourth-order valence-electron chi connectivity index (χ4n) is 2.19. The van der Waals surface area contributed by atoms with Gasteiger partial charge in [-0.2, -0.15) is 0 Å². The molecule has 2 aliphatic rings. The Kier molecular flexibility index (Phi) is 7.45. The van der Waals surface area contributed by atoms with Gasteiger partial charge in [-0.25, -0.2) is 0 Å². The van der Waals surface area contributed by atoms with Crippen LogP contribution in [0, 0.1) is 0 Å². The van der Waals surface area contributed by atoms with Crippen LogP contribution in [0.4, 0.5) is 0 Å². The maximum Gasteiger partial charge on any atom is 0.186 e. The van der Waals surface area contributed by atoms with Crippen LogP contribution in [0.2, 0.25) is 0 Å². The molecule has 2 aliphatic heterocycles. The van der Waals surface area contributed by atoms with Crippen molar-refractivity contribution in [1.82, 2.24) is 0 Å². The molecule has 0 unspecified atom stereocenters. The van der Waals surface area contributed by atoms with Crippen molar-refractivity contribution in [1.29, 1.82) is 0 Å². The summed E-state index contributed by atoms with van der Waals surface area (Å²) in [6, 6.07) is 0. The largest absolute Gasteiger partial charge is 0.388 e. The van der Waals surface area contributed by atoms with Gasteiger partial charge in [-0.3, -0.25) is 0 Å². The predicted octanol–water partition coefficient (Wildman–Crippen LogP) is -2.02. The van der Waals surface area contributed by atoms with Gasteiger partial charge in [-0.1, -0.05) is 13.8 Å². The van der Waals surface area contributed by atoms with Gasteiger partial charge in [0, 0.05) is 0 Å². The number of aliphatic hydroxyl groups excluding tert-OH is 5. The molecule has 0 radical (unpaired) electrons. The number of rotatable bonds is 2. The Balaban J connectivity index is 0.00000106. The molecule has 8 nitrogen and oxygen atoms in total. The van der Waals surface area contributed by atoms with Crippen LogP contribution in [0.1, 0.15) is 20.8 Å². The summed E-state index contributed by atoms with van der Waals surface area (Å²) in [5, 5.41) is 47.9. The van der Waals surface area contributed by atoms with Crippen LogP contribution < -0.4 is 0 Å². The lowest BCUT2D eigenvalue weighted by Gasteiger charge is -2.41. The number of hydrogen-bond donors (Lipinski definition) is 5. The van der Waals surface area contributed by atoms with Crippen LogP contribution in [0.5, 0.6) is 0 Å². The summed E-state index contributed by atoms with van der Waals surface area (Å²) in [5.41, 5.74) is 0. The van der Waals surface area contributed by atoms with Crippen LogP contribution in [0.15, 0.2) is 0 Å². The second-order valence-corrected chi connectivity index (χ2v) is 4.95. The molecule has 2 saturated heterocycles. The summed E-state index contributed by atoms with van der Waals surface area (Å²) in [6.07, 6.45) is -8.88. The highest BCUT2D eigenvalue weighted by Gasteiger charge is 2.44. The minimum Gasteiger partial charge on any atom is -0.388 e. The molecule has 0 aliphatic carbocycles. The average Bonchev–Trinajstić information content (AvgIpc) is 2.49. The van der Waals surface area contributed by atoms with Crippen molar-refractivity contribution in [3.63, 3.8) is 0 Å². The Bertz CT molecular complexity index is 302. The molecule has 0 aromatic heterocycles. The normalized spacial score (nSPS) is 47.4. The van der Waals surface area contributed by atoms with Gasteiger partial charge in [-0.05, 0) is 6.92 Å². The summed E-state index contributed by atoms with van der Waals surface area (Å²) in [4.78, 5) is 0. The molecule has 0 saturated carbocycles. The molecule has 2 rings (SSSR count). The molecule has 0 bridgehead atoms. The van der Waals surface area contributed by atoms with Crippen molar-refractivity contribution in [2.45, 2.75) is 69.8 Å². The van der Waals surface area contributed by atoms with E-state index in [1.807, 2.05) is 13.8 Å². The van der Waals surface area contributed by atoms with Crippen molar-refractivity contribution in [2.75, 3.05) is 13.2 Å². The first kappa shape index (κ1) is 18.7. The third-order valence-electron chi connectivity index (χ3n) is 3.47. The smallest absolute Gasteiger partial charge is 0.186 e. The molecule has 21 heavy (non-hydrogen) atoms. The van der Waals surface area contributed by atoms with Gasteiger partial charge in [0.05, 0.1) is 19.3 Å². The lowest BCUT2D eigenvalue weighted by molar-refractivity contribution is -0.313. The lowest BCUT2D eigenvalue weighted by Crippen LogP contribution is -2.59. The number of ether oxygens (including phenoxy) is 3. The minimum absolute atomic E-state index is 0.00237. The summed E-state index contributed by atoms with van der Waals surface area (Å²) in [5.74, 6) is 0. The standard InChI is InChI=1S/C11H20O8.C2H6/c1-4-10(8(15)6(13)2-17-4)19-11-9(16)7(14)5(12)3-18-11;1-2/h4-16H,2-3H2,1H3;1-2H3/t4-,5+,6-,7-,8-,9+,10-,11-;/m0./s1. The van der Waals surface area contributed by atoms with E-state index in [1.54, 1.807) is 6.92 Å². The van der Waals surface area contributed by atoms with E-state index in [2.05, 4.69) is 0 Å². The quantitative estimate of drug-likeness (QED) is 0.395. The zero-order valence-electron chi connectivity index (χ0n) is 12.5. The van der Waals surface area contributed by atoms with E-state index < -0.39 is 49.0 Å². The molecule has 126 valence electrons. The monoisotopic (exact) mass is 310 g/mol. The van der Waals surface area contributed by atoms with Crippen molar-refractivity contribution in [3.05, 3.63) is 0 Å². The first-order valence-corrected chi connectivity index (χ1v) is 7.21. The first-order chi connectivity index (χ1) is 9.91. The third-order valence-corrected chi connectivity index (χ3v) is 3.47. The van der Waals surface area contributed by atoms with Gasteiger partial charge in [0.15, 0.2) is 6.29 Å². The van der Waals surface area contributed by atoms with E-state index in [0.29, 0.717) is 0 Å². The molecule has 0 spiro atoms. The Morgan fingerprint density at radius 3 is 1.95 bits per heavy atom. The van der Waals surface area contributed by atoms with E-state index in [9.17, 15) is 25.5 Å². The third kappa shape index (κ3) is 4.33. The predicted molar refractivity (Wildman–Crippen MR) is 71.4 cm³/mol. The van der Waals surface area contributed by atoms with Gasteiger partial charge in [-0.15, -0.1) is 0 Å². The molecule has 2 fully saturated rings. The number of hydrogen-bond acceptors (Lipinski definition) is 8. The topological polar surface area (TPSA) is 129 Å². The number of aliphatic hydroxyl groups is 5. The van der Waals surface area contributed by atoms with Gasteiger partial charge in [0.2, 0.25) is 0 Å². The molecule has 0 aromatic carbocycles. The molecular formula is C13H26O8. The first-order valence-electron chi connectivity index (χ1n) is 7.21. The maximum atomic E-state index is 9.84. The van der Waals surface area contributed by atoms with Gasteiger partial charge < -0.3 is 39.7 Å². The highest BCUT2D eigenvalue weighted by molar-refractivity contribution is 4.89. The average molecular weight is 310 g/mol. The van der Waals surface area contributed by atoms with Crippen molar-refractivity contribution in [2.24, 2.45) is 0 Å². The van der Waals surface area contributed by atoms with Gasteiger partial charge >= 0.3 is 0 Å². The lowest BCUT2D eigenvalue weighted by atomic mass is 10.00. The molecule has 8 heteroatoms. The van der Waals surface area contributed by atoms with Crippen LogP contribution >= 0.6 is 0 Å². The summed E-state index contributed by atoms with van der Waals surface area (Å²) < 4.78 is 15.7. The Morgan fingerprint density at radius 1 is 0.810 bits per heavy atom.